The fourth-order valence-corrected chi connectivity index (χ4v) is 5.52. The Balaban J connectivity index is 1.89. The van der Waals surface area contributed by atoms with E-state index >= 15 is 0 Å². The highest BCUT2D eigenvalue weighted by Crippen LogP contribution is 2.28. The first-order valence-corrected chi connectivity index (χ1v) is 11.3. The first kappa shape index (κ1) is 21.1. The van der Waals surface area contributed by atoms with E-state index in [9.17, 15) is 23.4 Å². The van der Waals surface area contributed by atoms with E-state index < -0.39 is 22.0 Å². The molecule has 2 atom stereocenters. The number of benzene rings is 2. The Bertz CT molecular complexity index is 1010. The fourth-order valence-electron chi connectivity index (χ4n) is 3.72. The second-order valence-corrected chi connectivity index (χ2v) is 9.52. The predicted molar refractivity (Wildman–Crippen MR) is 113 cm³/mol. The number of phenols is 1. The summed E-state index contributed by atoms with van der Waals surface area (Å²) in [7, 11) is -3.41. The first-order valence-electron chi connectivity index (χ1n) is 9.52. The molecule has 156 valence electrons. The molecule has 1 saturated heterocycles. The number of sulfone groups is 1. The highest BCUT2D eigenvalue weighted by molar-refractivity contribution is 7.91. The van der Waals surface area contributed by atoms with E-state index in [0.717, 1.165) is 23.2 Å². The van der Waals surface area contributed by atoms with Crippen molar-refractivity contribution in [1.82, 2.24) is 0 Å². The number of rotatable bonds is 6. The number of carbonyl (C=O) groups excluding carboxylic acids is 1. The molecule has 3 rings (SSSR count). The Morgan fingerprint density at radius 1 is 1.21 bits per heavy atom. The van der Waals surface area contributed by atoms with Gasteiger partial charge in [0.05, 0.1) is 30.2 Å². The lowest BCUT2D eigenvalue weighted by Crippen LogP contribution is -2.47. The number of nitrogens with zero attached hydrogens (tertiary/aromatic N) is 1. The maximum absolute atomic E-state index is 12.9. The Hall–Kier alpha value is -2.58. The molecule has 0 saturated carbocycles. The van der Waals surface area contributed by atoms with Gasteiger partial charge in [0.2, 0.25) is 5.91 Å². The third-order valence-corrected chi connectivity index (χ3v) is 6.87. The first-order chi connectivity index (χ1) is 13.7. The molecular weight excluding hydrogens is 392 g/mol. The zero-order valence-electron chi connectivity index (χ0n) is 16.5. The van der Waals surface area contributed by atoms with Crippen LogP contribution in [0.1, 0.15) is 18.1 Å². The molecule has 2 aromatic carbocycles. The Labute approximate surface area is 170 Å². The Morgan fingerprint density at radius 3 is 2.55 bits per heavy atom. The van der Waals surface area contributed by atoms with Gasteiger partial charge < -0.3 is 20.4 Å². The van der Waals surface area contributed by atoms with Gasteiger partial charge in [0.25, 0.3) is 0 Å². The summed E-state index contributed by atoms with van der Waals surface area (Å²) in [6, 6.07) is 11.3. The van der Waals surface area contributed by atoms with Gasteiger partial charge in [-0.2, -0.15) is 0 Å². The van der Waals surface area contributed by atoms with Gasteiger partial charge in [-0.3, -0.25) is 4.79 Å². The van der Waals surface area contributed by atoms with Crippen LogP contribution in [0.15, 0.2) is 42.5 Å². The van der Waals surface area contributed by atoms with Crippen molar-refractivity contribution in [3.05, 3.63) is 53.6 Å². The summed E-state index contributed by atoms with van der Waals surface area (Å²) in [5, 5.41) is 23.1. The number of amides is 1. The number of nitrogens with one attached hydrogen (secondary N) is 1. The van der Waals surface area contributed by atoms with E-state index in [4.69, 9.17) is 0 Å². The lowest BCUT2D eigenvalue weighted by atomic mass is 10.1. The molecule has 1 amide bonds. The zero-order valence-corrected chi connectivity index (χ0v) is 17.3. The molecule has 0 aromatic heterocycles. The zero-order chi connectivity index (χ0) is 21.2. The minimum absolute atomic E-state index is 0.00424. The molecule has 7 nitrogen and oxygen atoms in total. The van der Waals surface area contributed by atoms with Crippen molar-refractivity contribution < 1.29 is 23.4 Å². The molecule has 0 bridgehead atoms. The van der Waals surface area contributed by atoms with Gasteiger partial charge in [-0.1, -0.05) is 31.2 Å². The third kappa shape index (κ3) is 4.89. The second-order valence-electron chi connectivity index (χ2n) is 7.37. The van der Waals surface area contributed by atoms with E-state index in [1.54, 1.807) is 17.0 Å². The number of aryl methyl sites for hydroxylation is 2. The monoisotopic (exact) mass is 418 g/mol. The van der Waals surface area contributed by atoms with Crippen molar-refractivity contribution >= 4 is 27.1 Å². The summed E-state index contributed by atoms with van der Waals surface area (Å²) in [5.74, 6) is -0.919. The molecule has 29 heavy (non-hydrogen) atoms. The molecule has 1 fully saturated rings. The van der Waals surface area contributed by atoms with Crippen molar-refractivity contribution in [3.8, 4) is 5.75 Å². The van der Waals surface area contributed by atoms with Crippen LogP contribution in [0.2, 0.25) is 0 Å². The number of aliphatic hydroxyl groups is 1. The molecule has 1 heterocycles. The van der Waals surface area contributed by atoms with Gasteiger partial charge in [-0.25, -0.2) is 8.42 Å². The van der Waals surface area contributed by atoms with Crippen molar-refractivity contribution in [1.29, 1.82) is 0 Å². The van der Waals surface area contributed by atoms with E-state index in [1.807, 2.05) is 32.0 Å². The van der Waals surface area contributed by atoms with Crippen LogP contribution in [0.25, 0.3) is 0 Å². The Morgan fingerprint density at radius 2 is 1.93 bits per heavy atom. The minimum atomic E-state index is -3.41. The van der Waals surface area contributed by atoms with Crippen LogP contribution in [-0.2, 0) is 21.1 Å². The second kappa shape index (κ2) is 8.42. The van der Waals surface area contributed by atoms with Crippen molar-refractivity contribution in [2.24, 2.45) is 0 Å². The van der Waals surface area contributed by atoms with Crippen molar-refractivity contribution in [2.45, 2.75) is 32.4 Å². The summed E-state index contributed by atoms with van der Waals surface area (Å²) in [5.41, 5.74) is 3.16. The molecule has 0 spiro atoms. The van der Waals surface area contributed by atoms with Gasteiger partial charge in [-0.15, -0.1) is 0 Å². The SMILES string of the molecule is CCc1cccc(C)c1NC(=O)CN(c1cccc(O)c1)C1CS(=O)(=O)CC1O. The number of aromatic hydroxyl groups is 1. The van der Waals surface area contributed by atoms with Crippen molar-refractivity contribution in [2.75, 3.05) is 28.3 Å². The number of para-hydroxylation sites is 1. The number of phenolic OH excluding ortho intramolecular Hbond substituents is 1. The molecule has 1 aliphatic rings. The summed E-state index contributed by atoms with van der Waals surface area (Å²) < 4.78 is 24.0. The standard InChI is InChI=1S/C21H26N2O5S/c1-3-15-7-4-6-14(2)21(15)22-20(26)11-23(16-8-5-9-17(24)10-16)18-12-29(27,28)13-19(18)25/h4-10,18-19,24-25H,3,11-13H2,1-2H3,(H,22,26). The molecule has 0 radical (unpaired) electrons. The van der Waals surface area contributed by atoms with Crippen LogP contribution in [0.5, 0.6) is 5.75 Å². The molecule has 2 unspecified atom stereocenters. The quantitative estimate of drug-likeness (QED) is 0.661. The van der Waals surface area contributed by atoms with E-state index in [1.165, 1.54) is 12.1 Å². The fraction of sp³-hybridized carbons (Fsp3) is 0.381. The van der Waals surface area contributed by atoms with Crippen LogP contribution in [0.3, 0.4) is 0 Å². The number of aliphatic hydroxyl groups excluding tert-OH is 1. The van der Waals surface area contributed by atoms with Crippen LogP contribution in [0, 0.1) is 6.92 Å². The smallest absolute Gasteiger partial charge is 0.243 e. The topological polar surface area (TPSA) is 107 Å². The molecular formula is C21H26N2O5S. The van der Waals surface area contributed by atoms with E-state index in [-0.39, 0.29) is 29.7 Å². The number of hydrogen-bond acceptors (Lipinski definition) is 6. The predicted octanol–water partition coefficient (Wildman–Crippen LogP) is 1.87. The lowest BCUT2D eigenvalue weighted by Gasteiger charge is -2.32. The Kier molecular flexibility index (Phi) is 6.14. The van der Waals surface area contributed by atoms with Crippen molar-refractivity contribution in [3.63, 3.8) is 0 Å². The summed E-state index contributed by atoms with van der Waals surface area (Å²) in [4.78, 5) is 14.4. The van der Waals surface area contributed by atoms with Crippen LogP contribution in [0.4, 0.5) is 11.4 Å². The highest BCUT2D eigenvalue weighted by Gasteiger charge is 2.40. The molecule has 0 aliphatic carbocycles. The van der Waals surface area contributed by atoms with Gasteiger partial charge in [0.1, 0.15) is 5.75 Å². The number of hydrogen-bond donors (Lipinski definition) is 3. The number of carbonyl (C=O) groups is 1. The highest BCUT2D eigenvalue weighted by atomic mass is 32.2. The van der Waals surface area contributed by atoms with Gasteiger partial charge >= 0.3 is 0 Å². The average Bonchev–Trinajstić information content (AvgIpc) is 2.93. The number of anilines is 2. The van der Waals surface area contributed by atoms with Crippen LogP contribution < -0.4 is 10.2 Å². The largest absolute Gasteiger partial charge is 0.508 e. The maximum Gasteiger partial charge on any atom is 0.243 e. The molecule has 2 aromatic rings. The minimum Gasteiger partial charge on any atom is -0.508 e. The van der Waals surface area contributed by atoms with Gasteiger partial charge in [0, 0.05) is 17.4 Å². The van der Waals surface area contributed by atoms with Crippen LogP contribution in [-0.4, -0.2) is 54.7 Å². The summed E-state index contributed by atoms with van der Waals surface area (Å²) >= 11 is 0. The van der Waals surface area contributed by atoms with Gasteiger partial charge in [-0.05, 0) is 36.6 Å². The van der Waals surface area contributed by atoms with E-state index in [0.29, 0.717) is 5.69 Å². The summed E-state index contributed by atoms with van der Waals surface area (Å²) in [6.45, 7) is 3.76. The molecule has 8 heteroatoms. The average molecular weight is 419 g/mol. The maximum atomic E-state index is 12.9. The summed E-state index contributed by atoms with van der Waals surface area (Å²) in [6.07, 6.45) is -0.354. The molecule has 1 aliphatic heterocycles. The van der Waals surface area contributed by atoms with Crippen LogP contribution >= 0.6 is 0 Å². The molecule has 3 N–H and O–H groups in total. The van der Waals surface area contributed by atoms with Gasteiger partial charge in [0.15, 0.2) is 9.84 Å². The normalized spacial score (nSPS) is 20.4. The van der Waals surface area contributed by atoms with E-state index in [2.05, 4.69) is 5.32 Å². The lowest BCUT2D eigenvalue weighted by molar-refractivity contribution is -0.115. The third-order valence-electron chi connectivity index (χ3n) is 5.17.